The van der Waals surface area contributed by atoms with E-state index in [1.807, 2.05) is 24.4 Å². The number of nitrogens with one attached hydrogen (secondary N) is 2. The highest BCUT2D eigenvalue weighted by molar-refractivity contribution is 7.18. The van der Waals surface area contributed by atoms with E-state index in [9.17, 15) is 4.79 Å². The van der Waals surface area contributed by atoms with E-state index in [-0.39, 0.29) is 11.9 Å². The molecule has 0 radical (unpaired) electrons. The number of ketones is 1. The van der Waals surface area contributed by atoms with Gasteiger partial charge in [-0.3, -0.25) is 4.79 Å². The largest absolute Gasteiger partial charge is 0.376 e. The second-order valence-corrected chi connectivity index (χ2v) is 7.60. The third-order valence-corrected chi connectivity index (χ3v) is 5.42. The first-order valence-corrected chi connectivity index (χ1v) is 10.0. The molecule has 1 fully saturated rings. The maximum Gasteiger partial charge on any atom is 0.227 e. The average Bonchev–Trinajstić information content (AvgIpc) is 3.39. The Morgan fingerprint density at radius 1 is 1.32 bits per heavy atom. The third-order valence-electron chi connectivity index (χ3n) is 4.44. The van der Waals surface area contributed by atoms with Crippen LogP contribution in [0.15, 0.2) is 42.7 Å². The fourth-order valence-corrected chi connectivity index (χ4v) is 3.77. The number of hydrogen-bond donors (Lipinski definition) is 2. The summed E-state index contributed by atoms with van der Waals surface area (Å²) in [7, 11) is 0. The Bertz CT molecular complexity index is 968. The van der Waals surface area contributed by atoms with Crippen molar-refractivity contribution in [2.24, 2.45) is 0 Å². The number of anilines is 3. The number of aromatic nitrogens is 3. The fraction of sp³-hybridized carbons (Fsp3) is 0.300. The Morgan fingerprint density at radius 2 is 2.25 bits per heavy atom. The van der Waals surface area contributed by atoms with Gasteiger partial charge >= 0.3 is 0 Å². The highest BCUT2D eigenvalue weighted by Gasteiger charge is 2.16. The minimum absolute atomic E-state index is 0.0195. The van der Waals surface area contributed by atoms with Crippen LogP contribution in [0.4, 0.5) is 16.8 Å². The SMILES string of the molecule is CC(=O)c1cccc(Nc2nccc(-c3cnc(NCC4CCCO4)s3)n2)c1. The number of hydrogen-bond acceptors (Lipinski definition) is 8. The molecule has 4 rings (SSSR count). The van der Waals surface area contributed by atoms with Crippen molar-refractivity contribution in [2.45, 2.75) is 25.9 Å². The first-order valence-electron chi connectivity index (χ1n) is 9.20. The molecule has 2 aromatic heterocycles. The van der Waals surface area contributed by atoms with E-state index in [0.29, 0.717) is 11.5 Å². The lowest BCUT2D eigenvalue weighted by Gasteiger charge is -2.09. The molecule has 1 saturated heterocycles. The number of carbonyl (C=O) groups is 1. The van der Waals surface area contributed by atoms with E-state index in [2.05, 4.69) is 25.6 Å². The van der Waals surface area contributed by atoms with Crippen molar-refractivity contribution >= 4 is 33.9 Å². The molecule has 1 aliphatic heterocycles. The molecule has 144 valence electrons. The molecule has 0 amide bonds. The number of thiazole rings is 1. The monoisotopic (exact) mass is 395 g/mol. The molecular weight excluding hydrogens is 374 g/mol. The predicted octanol–water partition coefficient (Wildman–Crippen LogP) is 4.14. The topological polar surface area (TPSA) is 89.0 Å². The molecule has 8 heteroatoms. The van der Waals surface area contributed by atoms with Crippen molar-refractivity contribution in [3.63, 3.8) is 0 Å². The highest BCUT2D eigenvalue weighted by atomic mass is 32.1. The molecule has 3 aromatic rings. The normalized spacial score (nSPS) is 16.1. The maximum atomic E-state index is 11.6. The maximum absolute atomic E-state index is 11.6. The Balaban J connectivity index is 1.45. The first-order chi connectivity index (χ1) is 13.7. The molecule has 2 N–H and O–H groups in total. The number of ether oxygens (including phenoxy) is 1. The van der Waals surface area contributed by atoms with Gasteiger partial charge in [0.1, 0.15) is 0 Å². The summed E-state index contributed by atoms with van der Waals surface area (Å²) in [5.74, 6) is 0.492. The van der Waals surface area contributed by atoms with E-state index in [4.69, 9.17) is 4.74 Å². The van der Waals surface area contributed by atoms with Crippen LogP contribution in [0.1, 0.15) is 30.1 Å². The van der Waals surface area contributed by atoms with Crippen LogP contribution in [0.5, 0.6) is 0 Å². The molecule has 7 nitrogen and oxygen atoms in total. The van der Waals surface area contributed by atoms with E-state index in [0.717, 1.165) is 47.4 Å². The smallest absolute Gasteiger partial charge is 0.227 e. The molecule has 0 saturated carbocycles. The van der Waals surface area contributed by atoms with Crippen molar-refractivity contribution < 1.29 is 9.53 Å². The van der Waals surface area contributed by atoms with Gasteiger partial charge in [-0.15, -0.1) is 0 Å². The van der Waals surface area contributed by atoms with E-state index in [1.165, 1.54) is 0 Å². The Hall–Kier alpha value is -2.84. The molecular formula is C20H21N5O2S. The third kappa shape index (κ3) is 4.52. The Kier molecular flexibility index (Phi) is 5.59. The van der Waals surface area contributed by atoms with Gasteiger partial charge in [0.2, 0.25) is 5.95 Å². The number of carbonyl (C=O) groups excluding carboxylic acids is 1. The van der Waals surface area contributed by atoms with Crippen LogP contribution in [-0.2, 0) is 4.74 Å². The number of benzene rings is 1. The van der Waals surface area contributed by atoms with Gasteiger partial charge in [-0.05, 0) is 38.0 Å². The van der Waals surface area contributed by atoms with Crippen LogP contribution >= 0.6 is 11.3 Å². The fourth-order valence-electron chi connectivity index (χ4n) is 2.98. The molecule has 1 aliphatic rings. The Morgan fingerprint density at radius 3 is 3.07 bits per heavy atom. The molecule has 1 atom stereocenters. The van der Waals surface area contributed by atoms with Crippen molar-refractivity contribution in [2.75, 3.05) is 23.8 Å². The van der Waals surface area contributed by atoms with Crippen LogP contribution in [0, 0.1) is 0 Å². The van der Waals surface area contributed by atoms with Gasteiger partial charge in [-0.2, -0.15) is 0 Å². The summed E-state index contributed by atoms with van der Waals surface area (Å²) >= 11 is 1.55. The minimum Gasteiger partial charge on any atom is -0.376 e. The number of rotatable bonds is 7. The molecule has 0 bridgehead atoms. The quantitative estimate of drug-likeness (QED) is 0.581. The summed E-state index contributed by atoms with van der Waals surface area (Å²) in [5.41, 5.74) is 2.21. The van der Waals surface area contributed by atoms with Gasteiger partial charge in [0.05, 0.1) is 16.7 Å². The molecule has 28 heavy (non-hydrogen) atoms. The summed E-state index contributed by atoms with van der Waals surface area (Å²) in [4.78, 5) is 25.8. The molecule has 1 aromatic carbocycles. The lowest BCUT2D eigenvalue weighted by Crippen LogP contribution is -2.18. The van der Waals surface area contributed by atoms with E-state index < -0.39 is 0 Å². The predicted molar refractivity (Wildman–Crippen MR) is 110 cm³/mol. The van der Waals surface area contributed by atoms with Crippen LogP contribution in [0.3, 0.4) is 0 Å². The van der Waals surface area contributed by atoms with E-state index >= 15 is 0 Å². The molecule has 0 aliphatic carbocycles. The van der Waals surface area contributed by atoms with Crippen molar-refractivity contribution in [1.82, 2.24) is 15.0 Å². The summed E-state index contributed by atoms with van der Waals surface area (Å²) in [6, 6.07) is 9.14. The second-order valence-electron chi connectivity index (χ2n) is 6.57. The molecule has 1 unspecified atom stereocenters. The van der Waals surface area contributed by atoms with Crippen molar-refractivity contribution in [1.29, 1.82) is 0 Å². The van der Waals surface area contributed by atoms with Gasteiger partial charge in [0.15, 0.2) is 10.9 Å². The summed E-state index contributed by atoms with van der Waals surface area (Å²) < 4.78 is 5.63. The number of nitrogens with zero attached hydrogens (tertiary/aromatic N) is 3. The van der Waals surface area contributed by atoms with Gasteiger partial charge in [-0.25, -0.2) is 15.0 Å². The van der Waals surface area contributed by atoms with Gasteiger partial charge in [0, 0.05) is 36.8 Å². The number of Topliss-reactive ketones (excluding diaryl/α,β-unsaturated/α-hetero) is 1. The highest BCUT2D eigenvalue weighted by Crippen LogP contribution is 2.28. The molecule has 0 spiro atoms. The lowest BCUT2D eigenvalue weighted by atomic mass is 10.1. The van der Waals surface area contributed by atoms with Crippen LogP contribution in [0.25, 0.3) is 10.6 Å². The zero-order valence-electron chi connectivity index (χ0n) is 15.5. The zero-order valence-corrected chi connectivity index (χ0v) is 16.3. The zero-order chi connectivity index (χ0) is 19.3. The first kappa shape index (κ1) is 18.5. The summed E-state index contributed by atoms with van der Waals surface area (Å²) in [5, 5.41) is 7.35. The Labute approximate surface area is 167 Å². The van der Waals surface area contributed by atoms with Crippen LogP contribution < -0.4 is 10.6 Å². The minimum atomic E-state index is 0.0195. The average molecular weight is 395 g/mol. The summed E-state index contributed by atoms with van der Waals surface area (Å²) in [6.07, 6.45) is 6.01. The van der Waals surface area contributed by atoms with Gasteiger partial charge in [-0.1, -0.05) is 23.5 Å². The van der Waals surface area contributed by atoms with Crippen LogP contribution in [0.2, 0.25) is 0 Å². The molecule has 3 heterocycles. The standard InChI is InChI=1S/C20H21N5O2S/c1-13(26)14-4-2-5-15(10-14)24-19-21-8-7-17(25-19)18-12-23-20(28-18)22-11-16-6-3-9-27-16/h2,4-5,7-8,10,12,16H,3,6,9,11H2,1H3,(H,22,23)(H,21,24,25). The van der Waals surface area contributed by atoms with Crippen molar-refractivity contribution in [3.8, 4) is 10.6 Å². The van der Waals surface area contributed by atoms with Crippen LogP contribution in [-0.4, -0.2) is 40.0 Å². The van der Waals surface area contributed by atoms with Crippen molar-refractivity contribution in [3.05, 3.63) is 48.3 Å². The van der Waals surface area contributed by atoms with E-state index in [1.54, 1.807) is 36.6 Å². The lowest BCUT2D eigenvalue weighted by molar-refractivity contribution is 0.101. The van der Waals surface area contributed by atoms with Gasteiger partial charge < -0.3 is 15.4 Å². The second kappa shape index (κ2) is 8.45. The van der Waals surface area contributed by atoms with Gasteiger partial charge in [0.25, 0.3) is 0 Å². The summed E-state index contributed by atoms with van der Waals surface area (Å²) in [6.45, 7) is 3.17.